The molecule has 0 unspecified atom stereocenters. The van der Waals surface area contributed by atoms with E-state index in [9.17, 15) is 4.79 Å². The molecule has 5 aromatic rings. The highest BCUT2D eigenvalue weighted by atomic mass is 16.1. The summed E-state index contributed by atoms with van der Waals surface area (Å²) in [7, 11) is 0. The van der Waals surface area contributed by atoms with Gasteiger partial charge in [-0.3, -0.25) is 14.5 Å². The highest BCUT2D eigenvalue weighted by molar-refractivity contribution is 6.08. The van der Waals surface area contributed by atoms with Crippen LogP contribution in [0.5, 0.6) is 0 Å². The van der Waals surface area contributed by atoms with Crippen molar-refractivity contribution in [3.8, 4) is 16.9 Å². The van der Waals surface area contributed by atoms with Gasteiger partial charge >= 0.3 is 0 Å². The molecule has 0 saturated heterocycles. The fraction of sp³-hybridized carbons (Fsp3) is 0.0400. The third-order valence-electron chi connectivity index (χ3n) is 5.03. The first-order chi connectivity index (χ1) is 15.8. The molecular weight excluding hydrogens is 400 g/mol. The topological polar surface area (TPSA) is 77.6 Å². The molecule has 32 heavy (non-hydrogen) atoms. The van der Waals surface area contributed by atoms with Crippen LogP contribution in [0.25, 0.3) is 16.9 Å². The van der Waals surface area contributed by atoms with Crippen LogP contribution in [0.2, 0.25) is 0 Å². The number of benzene rings is 2. The van der Waals surface area contributed by atoms with Gasteiger partial charge in [0.25, 0.3) is 5.91 Å². The number of nitrogens with one attached hydrogen (secondary N) is 1. The number of carbonyl (C=O) groups is 1. The lowest BCUT2D eigenvalue weighted by atomic mass is 10.1. The second-order valence-corrected chi connectivity index (χ2v) is 7.27. The Morgan fingerprint density at radius 1 is 0.906 bits per heavy atom. The van der Waals surface area contributed by atoms with Gasteiger partial charge in [-0.15, -0.1) is 0 Å². The fourth-order valence-electron chi connectivity index (χ4n) is 3.44. The van der Waals surface area contributed by atoms with Gasteiger partial charge in [-0.05, 0) is 48.0 Å². The van der Waals surface area contributed by atoms with Crippen molar-refractivity contribution in [1.82, 2.24) is 24.5 Å². The number of para-hydroxylation sites is 1. The molecule has 7 heteroatoms. The molecule has 0 atom stereocenters. The minimum Gasteiger partial charge on any atom is -0.322 e. The predicted molar refractivity (Wildman–Crippen MR) is 123 cm³/mol. The Labute approximate surface area is 185 Å². The molecule has 3 aromatic heterocycles. The summed E-state index contributed by atoms with van der Waals surface area (Å²) in [6.45, 7) is 0.677. The van der Waals surface area contributed by atoms with Crippen LogP contribution in [0.15, 0.2) is 104 Å². The van der Waals surface area contributed by atoms with Crippen molar-refractivity contribution in [1.29, 1.82) is 0 Å². The molecule has 3 heterocycles. The number of carbonyl (C=O) groups excluding carboxylic acids is 1. The van der Waals surface area contributed by atoms with Gasteiger partial charge in [-0.25, -0.2) is 4.68 Å². The van der Waals surface area contributed by atoms with E-state index >= 15 is 0 Å². The third-order valence-corrected chi connectivity index (χ3v) is 5.03. The summed E-state index contributed by atoms with van der Waals surface area (Å²) < 4.78 is 3.57. The maximum Gasteiger partial charge on any atom is 0.259 e. The minimum atomic E-state index is -0.231. The van der Waals surface area contributed by atoms with Gasteiger partial charge < -0.3 is 5.32 Å². The number of nitrogens with zero attached hydrogens (tertiary/aromatic N) is 5. The summed E-state index contributed by atoms with van der Waals surface area (Å²) in [5.41, 5.74) is 4.52. The highest BCUT2D eigenvalue weighted by Gasteiger charge is 2.19. The van der Waals surface area contributed by atoms with Gasteiger partial charge in [0.1, 0.15) is 5.69 Å². The molecule has 0 aliphatic carbocycles. The van der Waals surface area contributed by atoms with E-state index in [4.69, 9.17) is 0 Å². The summed E-state index contributed by atoms with van der Waals surface area (Å²) in [6.07, 6.45) is 8.82. The fourth-order valence-corrected chi connectivity index (χ4v) is 3.44. The molecule has 5 rings (SSSR count). The van der Waals surface area contributed by atoms with Crippen molar-refractivity contribution in [2.75, 3.05) is 5.32 Å². The molecular formula is C25H20N6O. The van der Waals surface area contributed by atoms with Crippen LogP contribution in [0.1, 0.15) is 15.9 Å². The van der Waals surface area contributed by atoms with Crippen LogP contribution in [-0.4, -0.2) is 30.5 Å². The van der Waals surface area contributed by atoms with E-state index < -0.39 is 0 Å². The van der Waals surface area contributed by atoms with Gasteiger partial charge in [-0.2, -0.15) is 10.2 Å². The SMILES string of the molecule is O=C(Nc1ccc(Cn2cccn2)cc1)c1cn(-c2ccccc2)nc1-c1cccnc1. The van der Waals surface area contributed by atoms with Crippen LogP contribution >= 0.6 is 0 Å². The monoisotopic (exact) mass is 420 g/mol. The average Bonchev–Trinajstić information content (AvgIpc) is 3.52. The molecule has 0 bridgehead atoms. The van der Waals surface area contributed by atoms with E-state index in [0.29, 0.717) is 23.5 Å². The number of hydrogen-bond donors (Lipinski definition) is 1. The lowest BCUT2D eigenvalue weighted by molar-refractivity contribution is 0.102. The first kappa shape index (κ1) is 19.4. The van der Waals surface area contributed by atoms with Crippen LogP contribution < -0.4 is 5.32 Å². The lowest BCUT2D eigenvalue weighted by Gasteiger charge is -2.07. The Kier molecular flexibility index (Phi) is 5.28. The van der Waals surface area contributed by atoms with Gasteiger partial charge in [0.05, 0.1) is 17.8 Å². The smallest absolute Gasteiger partial charge is 0.259 e. The molecule has 0 aliphatic rings. The van der Waals surface area contributed by atoms with Gasteiger partial charge in [0.2, 0.25) is 0 Å². The molecule has 2 aromatic carbocycles. The number of aromatic nitrogens is 5. The average molecular weight is 420 g/mol. The standard InChI is InChI=1S/C25H20N6O/c32-25(28-21-11-9-19(10-12-21)17-30-15-5-14-27-30)23-18-31(22-7-2-1-3-8-22)29-24(23)20-6-4-13-26-16-20/h1-16,18H,17H2,(H,28,32). The van der Waals surface area contributed by atoms with E-state index in [2.05, 4.69) is 20.5 Å². The Morgan fingerprint density at radius 2 is 1.75 bits per heavy atom. The van der Waals surface area contributed by atoms with Crippen molar-refractivity contribution >= 4 is 11.6 Å². The largest absolute Gasteiger partial charge is 0.322 e. The van der Waals surface area contributed by atoms with Crippen LogP contribution in [0.3, 0.4) is 0 Å². The molecule has 0 spiro atoms. The van der Waals surface area contributed by atoms with Crippen LogP contribution in [0.4, 0.5) is 5.69 Å². The summed E-state index contributed by atoms with van der Waals surface area (Å²) in [5.74, 6) is -0.231. The summed E-state index contributed by atoms with van der Waals surface area (Å²) in [6, 6.07) is 23.1. The molecule has 7 nitrogen and oxygen atoms in total. The molecule has 0 saturated carbocycles. The summed E-state index contributed by atoms with van der Waals surface area (Å²) >= 11 is 0. The Balaban J connectivity index is 1.42. The second kappa shape index (κ2) is 8.69. The Bertz CT molecular complexity index is 1310. The number of pyridine rings is 1. The van der Waals surface area contributed by atoms with Gasteiger partial charge in [0.15, 0.2) is 0 Å². The molecule has 1 amide bonds. The van der Waals surface area contributed by atoms with E-state index in [1.807, 2.05) is 83.7 Å². The zero-order chi connectivity index (χ0) is 21.8. The molecule has 156 valence electrons. The summed E-state index contributed by atoms with van der Waals surface area (Å²) in [4.78, 5) is 17.4. The van der Waals surface area contributed by atoms with E-state index in [-0.39, 0.29) is 5.91 Å². The number of amides is 1. The van der Waals surface area contributed by atoms with E-state index in [1.54, 1.807) is 29.5 Å². The van der Waals surface area contributed by atoms with E-state index in [0.717, 1.165) is 16.8 Å². The van der Waals surface area contributed by atoms with Crippen molar-refractivity contribution < 1.29 is 4.79 Å². The predicted octanol–water partition coefficient (Wildman–Crippen LogP) is 4.43. The normalized spacial score (nSPS) is 10.8. The minimum absolute atomic E-state index is 0.231. The third kappa shape index (κ3) is 4.17. The van der Waals surface area contributed by atoms with E-state index in [1.165, 1.54) is 0 Å². The zero-order valence-electron chi connectivity index (χ0n) is 17.2. The van der Waals surface area contributed by atoms with Crippen molar-refractivity contribution in [2.45, 2.75) is 6.54 Å². The maximum absolute atomic E-state index is 13.2. The summed E-state index contributed by atoms with van der Waals surface area (Å²) in [5, 5.41) is 11.9. The molecule has 1 N–H and O–H groups in total. The number of rotatable bonds is 6. The maximum atomic E-state index is 13.2. The Morgan fingerprint density at radius 3 is 2.47 bits per heavy atom. The lowest BCUT2D eigenvalue weighted by Crippen LogP contribution is -2.12. The molecule has 0 aliphatic heterocycles. The van der Waals surface area contributed by atoms with Crippen molar-refractivity contribution in [3.63, 3.8) is 0 Å². The van der Waals surface area contributed by atoms with Gasteiger partial charge in [0, 0.05) is 42.2 Å². The zero-order valence-corrected chi connectivity index (χ0v) is 17.2. The molecule has 0 fully saturated rings. The van der Waals surface area contributed by atoms with Crippen LogP contribution in [-0.2, 0) is 6.54 Å². The van der Waals surface area contributed by atoms with Crippen LogP contribution in [0, 0.1) is 0 Å². The first-order valence-corrected chi connectivity index (χ1v) is 10.2. The van der Waals surface area contributed by atoms with Crippen molar-refractivity contribution in [3.05, 3.63) is 115 Å². The number of anilines is 1. The molecule has 0 radical (unpaired) electrons. The Hall–Kier alpha value is -4.52. The number of hydrogen-bond acceptors (Lipinski definition) is 4. The quantitative estimate of drug-likeness (QED) is 0.441. The first-order valence-electron chi connectivity index (χ1n) is 10.2. The van der Waals surface area contributed by atoms with Crippen molar-refractivity contribution in [2.24, 2.45) is 0 Å². The highest BCUT2D eigenvalue weighted by Crippen LogP contribution is 2.24. The van der Waals surface area contributed by atoms with Gasteiger partial charge in [-0.1, -0.05) is 30.3 Å². The second-order valence-electron chi connectivity index (χ2n) is 7.27.